The van der Waals surface area contributed by atoms with Gasteiger partial charge in [0.15, 0.2) is 0 Å². The first kappa shape index (κ1) is 22.4. The van der Waals surface area contributed by atoms with E-state index in [1.54, 1.807) is 4.90 Å². The van der Waals surface area contributed by atoms with E-state index in [1.807, 2.05) is 18.2 Å². The zero-order chi connectivity index (χ0) is 22.1. The van der Waals surface area contributed by atoms with Crippen LogP contribution in [-0.2, 0) is 9.59 Å². The molecule has 2 N–H and O–H groups in total. The number of carbonyl (C=O) groups is 2. The number of carbonyl (C=O) groups excluding carboxylic acids is 2. The van der Waals surface area contributed by atoms with Gasteiger partial charge >= 0.3 is 0 Å². The fourth-order valence-corrected chi connectivity index (χ4v) is 4.36. The van der Waals surface area contributed by atoms with Gasteiger partial charge in [-0.15, -0.1) is 0 Å². The monoisotopic (exact) mass is 421 g/mol. The first-order chi connectivity index (χ1) is 14.1. The van der Waals surface area contributed by atoms with Crippen molar-refractivity contribution in [2.45, 2.75) is 44.6 Å². The molecule has 3 rings (SSSR count). The number of benzene rings is 1. The maximum atomic E-state index is 14.0. The molecule has 0 aromatic heterocycles. The van der Waals surface area contributed by atoms with Crippen LogP contribution in [0.15, 0.2) is 30.3 Å². The fourth-order valence-electron chi connectivity index (χ4n) is 4.36. The molecule has 2 aliphatic rings. The van der Waals surface area contributed by atoms with Gasteiger partial charge in [0.2, 0.25) is 11.8 Å². The number of hydrogen-bond donors (Lipinski definition) is 2. The second kappa shape index (κ2) is 8.81. The summed E-state index contributed by atoms with van der Waals surface area (Å²) < 4.78 is 27.9. The van der Waals surface area contributed by atoms with Gasteiger partial charge in [-0.1, -0.05) is 44.2 Å². The predicted octanol–water partition coefficient (Wildman–Crippen LogP) is 2.89. The third kappa shape index (κ3) is 4.70. The zero-order valence-corrected chi connectivity index (χ0v) is 17.6. The summed E-state index contributed by atoms with van der Waals surface area (Å²) in [6.07, 6.45) is 1.87. The first-order valence-corrected chi connectivity index (χ1v) is 10.2. The molecule has 2 atom stereocenters. The molecule has 0 unspecified atom stereocenters. The third-order valence-corrected chi connectivity index (χ3v) is 6.00. The lowest BCUT2D eigenvalue weighted by Gasteiger charge is -2.43. The lowest BCUT2D eigenvalue weighted by Crippen LogP contribution is -2.61. The summed E-state index contributed by atoms with van der Waals surface area (Å²) in [5.41, 5.74) is 4.96. The highest BCUT2D eigenvalue weighted by Crippen LogP contribution is 2.35. The van der Waals surface area contributed by atoms with E-state index in [1.165, 1.54) is 23.0 Å². The zero-order valence-electron chi connectivity index (χ0n) is 17.6. The highest BCUT2D eigenvalue weighted by Gasteiger charge is 2.51. The van der Waals surface area contributed by atoms with Gasteiger partial charge in [-0.2, -0.15) is 0 Å². The summed E-state index contributed by atoms with van der Waals surface area (Å²) in [6, 6.07) is 7.30. The van der Waals surface area contributed by atoms with Crippen molar-refractivity contribution in [3.05, 3.63) is 41.5 Å². The van der Waals surface area contributed by atoms with E-state index in [0.717, 1.165) is 11.1 Å². The molecule has 30 heavy (non-hydrogen) atoms. The van der Waals surface area contributed by atoms with Crippen molar-refractivity contribution in [1.82, 2.24) is 15.3 Å². The van der Waals surface area contributed by atoms with Gasteiger partial charge in [0, 0.05) is 19.5 Å². The second-order valence-corrected chi connectivity index (χ2v) is 8.55. The maximum absolute atomic E-state index is 14.0. The number of hydrogen-bond acceptors (Lipinski definition) is 4. The minimum Gasteiger partial charge on any atom is -0.337 e. The number of rotatable bonds is 4. The fraction of sp³-hybridized carbons (Fsp3) is 0.545. The summed E-state index contributed by atoms with van der Waals surface area (Å²) >= 11 is 0. The molecule has 2 heterocycles. The topological polar surface area (TPSA) is 72.9 Å². The summed E-state index contributed by atoms with van der Waals surface area (Å²) in [5, 5.41) is 8.98. The minimum atomic E-state index is -3.10. The Hall–Kier alpha value is -2.32. The summed E-state index contributed by atoms with van der Waals surface area (Å²) in [5.74, 6) is -5.32. The molecule has 1 aromatic carbocycles. The number of nitrogens with zero attached hydrogens (tertiary/aromatic N) is 2. The minimum absolute atomic E-state index is 0.355. The molecule has 1 fully saturated rings. The molecule has 6 nitrogen and oxygen atoms in total. The molecule has 1 saturated heterocycles. The Bertz CT molecular complexity index is 841. The number of likely N-dealkylation sites (N-methyl/N-ethyl adjacent to an activating group) is 1. The van der Waals surface area contributed by atoms with E-state index < -0.39 is 36.8 Å². The van der Waals surface area contributed by atoms with E-state index in [4.69, 9.17) is 5.21 Å². The first-order valence-electron chi connectivity index (χ1n) is 10.2. The Morgan fingerprint density at radius 1 is 1.30 bits per heavy atom. The van der Waals surface area contributed by atoms with Crippen LogP contribution in [0.4, 0.5) is 8.78 Å². The number of piperidine rings is 1. The van der Waals surface area contributed by atoms with Gasteiger partial charge in [-0.25, -0.2) is 14.3 Å². The van der Waals surface area contributed by atoms with Gasteiger partial charge in [-0.05, 0) is 36.1 Å². The lowest BCUT2D eigenvalue weighted by atomic mass is 9.85. The quantitative estimate of drug-likeness (QED) is 0.579. The standard InChI is InChI=1S/C22H29F2N3O3/c1-14(2)16-5-4-6-17(11-16)15-7-9-27(10-8-15)21(29)19-18(20(28)25-30)12-22(23,24)13-26(19)3/h4-7,11,14,18-19,30H,8-10,12-13H2,1-3H3,(H,25,28)/t18-,19-/m0/s1. The van der Waals surface area contributed by atoms with Crippen molar-refractivity contribution in [3.8, 4) is 0 Å². The van der Waals surface area contributed by atoms with Gasteiger partial charge < -0.3 is 4.90 Å². The van der Waals surface area contributed by atoms with Crippen LogP contribution < -0.4 is 5.48 Å². The molecule has 0 aliphatic carbocycles. The van der Waals surface area contributed by atoms with Gasteiger partial charge in [-0.3, -0.25) is 19.7 Å². The SMILES string of the molecule is CC(C)c1cccc(C2=CCN(C(=O)[C@@H]3[C@@H](C(=O)NO)CC(F)(F)CN3C)CC2)c1. The van der Waals surface area contributed by atoms with Crippen LogP contribution in [0.1, 0.15) is 43.7 Å². The number of nitrogens with one attached hydrogen (secondary N) is 1. The van der Waals surface area contributed by atoms with Crippen LogP contribution in [0.2, 0.25) is 0 Å². The molecule has 0 spiro atoms. The molecule has 8 heteroatoms. The summed E-state index contributed by atoms with van der Waals surface area (Å²) in [4.78, 5) is 28.0. The van der Waals surface area contributed by atoms with Crippen LogP contribution in [0.3, 0.4) is 0 Å². The highest BCUT2D eigenvalue weighted by atomic mass is 19.3. The molecule has 2 aliphatic heterocycles. The number of likely N-dealkylation sites (tertiary alicyclic amines) is 1. The molecule has 2 amide bonds. The van der Waals surface area contributed by atoms with Crippen LogP contribution >= 0.6 is 0 Å². The third-order valence-electron chi connectivity index (χ3n) is 6.00. The largest absolute Gasteiger partial charge is 0.337 e. The van der Waals surface area contributed by atoms with Gasteiger partial charge in [0.1, 0.15) is 6.04 Å². The summed E-state index contributed by atoms with van der Waals surface area (Å²) in [6.45, 7) is 4.48. The Kier molecular flexibility index (Phi) is 6.57. The van der Waals surface area contributed by atoms with Crippen LogP contribution in [0.25, 0.3) is 5.57 Å². The number of hydroxylamine groups is 1. The highest BCUT2D eigenvalue weighted by molar-refractivity contribution is 5.90. The Labute approximate surface area is 175 Å². The van der Waals surface area contributed by atoms with E-state index in [9.17, 15) is 18.4 Å². The van der Waals surface area contributed by atoms with Crippen molar-refractivity contribution in [2.24, 2.45) is 5.92 Å². The number of halogens is 2. The normalized spacial score (nSPS) is 24.5. The maximum Gasteiger partial charge on any atom is 0.261 e. The number of alkyl halides is 2. The van der Waals surface area contributed by atoms with Crippen molar-refractivity contribution in [1.29, 1.82) is 0 Å². The van der Waals surface area contributed by atoms with Crippen LogP contribution in [0.5, 0.6) is 0 Å². The molecular formula is C22H29F2N3O3. The second-order valence-electron chi connectivity index (χ2n) is 8.55. The average molecular weight is 421 g/mol. The van der Waals surface area contributed by atoms with Crippen molar-refractivity contribution >= 4 is 17.4 Å². The Morgan fingerprint density at radius 2 is 2.03 bits per heavy atom. The predicted molar refractivity (Wildman–Crippen MR) is 109 cm³/mol. The lowest BCUT2D eigenvalue weighted by molar-refractivity contribution is -0.162. The van der Waals surface area contributed by atoms with Crippen molar-refractivity contribution in [3.63, 3.8) is 0 Å². The van der Waals surface area contributed by atoms with E-state index >= 15 is 0 Å². The molecule has 164 valence electrons. The molecule has 0 saturated carbocycles. The average Bonchev–Trinajstić information content (AvgIpc) is 2.71. The van der Waals surface area contributed by atoms with Crippen LogP contribution in [-0.4, -0.2) is 65.5 Å². The van der Waals surface area contributed by atoms with Crippen LogP contribution in [0, 0.1) is 5.92 Å². The van der Waals surface area contributed by atoms with Crippen molar-refractivity contribution in [2.75, 3.05) is 26.7 Å². The van der Waals surface area contributed by atoms with Gasteiger partial charge in [0.05, 0.1) is 12.5 Å². The molecule has 0 radical (unpaired) electrons. The molecule has 1 aromatic rings. The Balaban J connectivity index is 1.76. The smallest absolute Gasteiger partial charge is 0.261 e. The van der Waals surface area contributed by atoms with Crippen molar-refractivity contribution < 1.29 is 23.6 Å². The summed E-state index contributed by atoms with van der Waals surface area (Å²) in [7, 11) is 1.41. The Morgan fingerprint density at radius 3 is 2.63 bits per heavy atom. The number of amides is 2. The molecule has 0 bridgehead atoms. The van der Waals surface area contributed by atoms with Gasteiger partial charge in [0.25, 0.3) is 5.92 Å². The van der Waals surface area contributed by atoms with E-state index in [-0.39, 0.29) is 5.91 Å². The van der Waals surface area contributed by atoms with E-state index in [2.05, 4.69) is 26.0 Å². The molecular weight excluding hydrogens is 392 g/mol. The van der Waals surface area contributed by atoms with E-state index in [0.29, 0.717) is 25.4 Å².